The molecule has 1 nitrogen and oxygen atoms in total. The van der Waals surface area contributed by atoms with Crippen LogP contribution in [0.4, 0.5) is 0 Å². The zero-order valence-electron chi connectivity index (χ0n) is 3.58. The fourth-order valence-electron chi connectivity index (χ4n) is 0. The van der Waals surface area contributed by atoms with Crippen molar-refractivity contribution in [2.45, 2.75) is 7.43 Å². The first-order valence-electron chi connectivity index (χ1n) is 0. The summed E-state index contributed by atoms with van der Waals surface area (Å²) in [5, 5.41) is 0. The standard InChI is InChI=1S/CH4.2CH3.H2O.Ti.Y/h1H4;2*1H3;1H2;;/q;-1;+1;;;. The van der Waals surface area contributed by atoms with E-state index in [1.54, 1.807) is 0 Å². The molecule has 3 heteroatoms. The molecule has 0 saturated heterocycles. The third-order valence-corrected chi connectivity index (χ3v) is 0. The van der Waals surface area contributed by atoms with Crippen molar-refractivity contribution in [3.8, 4) is 0 Å². The summed E-state index contributed by atoms with van der Waals surface area (Å²) in [5.41, 5.74) is 0. The van der Waals surface area contributed by atoms with E-state index in [1.807, 2.05) is 0 Å². The predicted octanol–water partition coefficient (Wildman–Crippen LogP) is 0.707. The van der Waals surface area contributed by atoms with E-state index in [1.165, 1.54) is 0 Å². The van der Waals surface area contributed by atoms with E-state index in [2.05, 4.69) is 0 Å². The summed E-state index contributed by atoms with van der Waals surface area (Å²) >= 11 is 0. The average molecular weight is 201 g/mol. The van der Waals surface area contributed by atoms with Gasteiger partial charge in [0.1, 0.15) is 0 Å². The van der Waals surface area contributed by atoms with Gasteiger partial charge in [-0.3, -0.25) is 0 Å². The fraction of sp³-hybridized carbons (Fsp3) is 0.333. The van der Waals surface area contributed by atoms with Gasteiger partial charge >= 0.3 is 0 Å². The SMILES string of the molecule is C.O.[CH3+].[CH3-].[Ti].[Y]. The molecule has 0 bridgehead atoms. The molecule has 1 radical (unpaired) electrons. The van der Waals surface area contributed by atoms with Gasteiger partial charge in [0.2, 0.25) is 0 Å². The smallest absolute Gasteiger partial charge is 0.0467 e. The van der Waals surface area contributed by atoms with Crippen molar-refractivity contribution in [1.82, 2.24) is 0 Å². The second-order valence-electron chi connectivity index (χ2n) is 0. The Morgan fingerprint density at radius 3 is 1.00 bits per heavy atom. The topological polar surface area (TPSA) is 31.5 Å². The first kappa shape index (κ1) is 124. The third kappa shape index (κ3) is 44.9. The molecular formula is C3H12OTiY. The average Bonchev–Trinajstić information content (AvgIpc) is 0. The second-order valence-corrected chi connectivity index (χ2v) is 0. The minimum Gasteiger partial charge on any atom is -0.412 e. The molecule has 37 valence electrons. The molecule has 0 aromatic carbocycles. The van der Waals surface area contributed by atoms with Crippen LogP contribution in [0.5, 0.6) is 0 Å². The summed E-state index contributed by atoms with van der Waals surface area (Å²) < 4.78 is 0. The van der Waals surface area contributed by atoms with Crippen LogP contribution in [0, 0.1) is 14.9 Å². The molecule has 0 heterocycles. The van der Waals surface area contributed by atoms with Crippen LogP contribution in [-0.2, 0) is 54.4 Å². The Bertz CT molecular complexity index is 10.8. The molecular weight excluding hydrogens is 189 g/mol. The Labute approximate surface area is 81.4 Å². The van der Waals surface area contributed by atoms with Crippen LogP contribution in [0.3, 0.4) is 0 Å². The van der Waals surface area contributed by atoms with E-state index in [9.17, 15) is 0 Å². The minimum atomic E-state index is 0. The van der Waals surface area contributed by atoms with Crippen molar-refractivity contribution in [2.75, 3.05) is 0 Å². The molecule has 0 fully saturated rings. The van der Waals surface area contributed by atoms with Gasteiger partial charge in [0, 0.05) is 61.9 Å². The maximum absolute atomic E-state index is 0. The largest absolute Gasteiger partial charge is 0.412 e. The summed E-state index contributed by atoms with van der Waals surface area (Å²) in [6.45, 7) is 0. The van der Waals surface area contributed by atoms with Crippen molar-refractivity contribution in [3.63, 3.8) is 0 Å². The van der Waals surface area contributed by atoms with Gasteiger partial charge in [-0.05, 0) is 0 Å². The van der Waals surface area contributed by atoms with Gasteiger partial charge < -0.3 is 12.9 Å². The molecule has 0 spiro atoms. The Hall–Kier alpha value is 1.65. The van der Waals surface area contributed by atoms with E-state index in [-0.39, 0.29) is 82.2 Å². The maximum atomic E-state index is 0. The number of rotatable bonds is 0. The Morgan fingerprint density at radius 2 is 1.00 bits per heavy atom. The molecule has 0 aromatic rings. The van der Waals surface area contributed by atoms with Gasteiger partial charge in [-0.2, -0.15) is 0 Å². The van der Waals surface area contributed by atoms with E-state index in [4.69, 9.17) is 0 Å². The summed E-state index contributed by atoms with van der Waals surface area (Å²) in [7, 11) is 0. The molecule has 0 saturated carbocycles. The predicted molar refractivity (Wildman–Crippen MR) is 23.2 cm³/mol. The van der Waals surface area contributed by atoms with Crippen molar-refractivity contribution < 1.29 is 59.9 Å². The normalized spacial score (nSPS) is 0. The van der Waals surface area contributed by atoms with Gasteiger partial charge in [0.05, 0.1) is 0 Å². The molecule has 0 amide bonds. The molecule has 0 rings (SSSR count). The first-order valence-corrected chi connectivity index (χ1v) is 0. The third-order valence-electron chi connectivity index (χ3n) is 0. The quantitative estimate of drug-likeness (QED) is 0.408. The summed E-state index contributed by atoms with van der Waals surface area (Å²) in [6, 6.07) is 0. The summed E-state index contributed by atoms with van der Waals surface area (Å²) in [4.78, 5) is 0. The zero-order chi connectivity index (χ0) is 0. The van der Waals surface area contributed by atoms with Crippen molar-refractivity contribution in [3.05, 3.63) is 14.9 Å². The van der Waals surface area contributed by atoms with Crippen LogP contribution in [-0.4, -0.2) is 5.48 Å². The fourth-order valence-corrected chi connectivity index (χ4v) is 0. The van der Waals surface area contributed by atoms with Crippen molar-refractivity contribution in [2.24, 2.45) is 0 Å². The summed E-state index contributed by atoms with van der Waals surface area (Å²) in [5.74, 6) is 0. The first-order chi connectivity index (χ1) is 0. The number of hydrogen-bond acceptors (Lipinski definition) is 0. The molecule has 0 aliphatic heterocycles. The molecule has 0 aromatic heterocycles. The van der Waals surface area contributed by atoms with Crippen LogP contribution in [0.15, 0.2) is 0 Å². The Morgan fingerprint density at radius 1 is 1.00 bits per heavy atom. The molecule has 0 aliphatic carbocycles. The van der Waals surface area contributed by atoms with Crippen LogP contribution < -0.4 is 0 Å². The van der Waals surface area contributed by atoms with Crippen molar-refractivity contribution in [1.29, 1.82) is 0 Å². The second kappa shape index (κ2) is 78.1. The minimum absolute atomic E-state index is 0. The zero-order valence-corrected chi connectivity index (χ0v) is 7.98. The number of hydrogen-bond donors (Lipinski definition) is 0. The van der Waals surface area contributed by atoms with Gasteiger partial charge in [-0.25, -0.2) is 0 Å². The molecule has 0 unspecified atom stereocenters. The van der Waals surface area contributed by atoms with E-state index >= 15 is 0 Å². The van der Waals surface area contributed by atoms with E-state index in [0.29, 0.717) is 0 Å². The Balaban J connectivity index is 0. The van der Waals surface area contributed by atoms with Crippen molar-refractivity contribution >= 4 is 0 Å². The van der Waals surface area contributed by atoms with Crippen LogP contribution in [0.25, 0.3) is 0 Å². The van der Waals surface area contributed by atoms with Gasteiger partial charge in [-0.1, -0.05) is 7.43 Å². The van der Waals surface area contributed by atoms with E-state index in [0.717, 1.165) is 0 Å². The maximum Gasteiger partial charge on any atom is 0.0467 e. The molecule has 0 atom stereocenters. The van der Waals surface area contributed by atoms with Crippen LogP contribution >= 0.6 is 0 Å². The molecule has 2 N–H and O–H groups in total. The monoisotopic (exact) mass is 201 g/mol. The molecule has 0 aliphatic rings. The van der Waals surface area contributed by atoms with E-state index < -0.39 is 0 Å². The van der Waals surface area contributed by atoms with Gasteiger partial charge in [-0.15, -0.1) is 0 Å². The van der Waals surface area contributed by atoms with Gasteiger partial charge in [0.15, 0.2) is 0 Å². The van der Waals surface area contributed by atoms with Crippen LogP contribution in [0.2, 0.25) is 0 Å². The molecule has 6 heavy (non-hydrogen) atoms. The van der Waals surface area contributed by atoms with Gasteiger partial charge in [0.25, 0.3) is 0 Å². The summed E-state index contributed by atoms with van der Waals surface area (Å²) in [6.07, 6.45) is 0. The van der Waals surface area contributed by atoms with Crippen LogP contribution in [0.1, 0.15) is 7.43 Å². The Kier molecular flexibility index (Phi) is 1620.